The lowest BCUT2D eigenvalue weighted by molar-refractivity contribution is -1.63. The van der Waals surface area contributed by atoms with Crippen molar-refractivity contribution in [3.8, 4) is 0 Å². The number of fused-ring (bicyclic) bond motifs is 1. The highest BCUT2D eigenvalue weighted by Gasteiger charge is 2.64. The lowest BCUT2D eigenvalue weighted by Crippen LogP contribution is -2.71. The van der Waals surface area contributed by atoms with Crippen molar-refractivity contribution < 1.29 is 58.1 Å². The van der Waals surface area contributed by atoms with Crippen LogP contribution in [0, 0.1) is 10.8 Å². The van der Waals surface area contributed by atoms with Crippen LogP contribution >= 0.6 is 11.8 Å². The van der Waals surface area contributed by atoms with Gasteiger partial charge in [-0.25, -0.2) is 9.59 Å². The van der Waals surface area contributed by atoms with Crippen LogP contribution in [0.15, 0.2) is 30.3 Å². The monoisotopic (exact) mass is 549 g/mol. The Morgan fingerprint density at radius 2 is 1.83 bits per heavy atom. The van der Waals surface area contributed by atoms with Gasteiger partial charge in [-0.2, -0.15) is 0 Å². The number of amides is 2. The molecule has 36 heavy (non-hydrogen) atoms. The van der Waals surface area contributed by atoms with Gasteiger partial charge in [0.1, 0.15) is 23.5 Å². The van der Waals surface area contributed by atoms with E-state index < -0.39 is 69.3 Å². The number of ether oxygens (including phenoxy) is 3. The van der Waals surface area contributed by atoms with Crippen molar-refractivity contribution in [1.82, 2.24) is 10.2 Å². The first-order chi connectivity index (χ1) is 16.8. The molecule has 2 amide bonds. The molecule has 1 aromatic carbocycles. The van der Waals surface area contributed by atoms with Crippen LogP contribution in [0.4, 0.5) is 4.79 Å². The van der Waals surface area contributed by atoms with Gasteiger partial charge in [-0.15, -0.1) is 11.8 Å². The van der Waals surface area contributed by atoms with Gasteiger partial charge in [0.2, 0.25) is 18.1 Å². The van der Waals surface area contributed by atoms with Gasteiger partial charge in [0, 0.05) is 16.3 Å². The Bertz CT molecular complexity index is 948. The minimum atomic E-state index is -2.60. The number of hydrogen-bond donors (Lipinski definition) is 3. The van der Waals surface area contributed by atoms with Crippen molar-refractivity contribution >= 4 is 35.7 Å². The Kier molecular flexibility index (Phi) is 10.3. The van der Waals surface area contributed by atoms with E-state index in [4.69, 9.17) is 29.2 Å². The fraction of sp³-hybridized carbons (Fsp3) is 0.524. The molecule has 1 unspecified atom stereocenters. The molecule has 0 radical (unpaired) electrons. The minimum absolute atomic E-state index is 0.122. The van der Waals surface area contributed by atoms with E-state index in [1.807, 2.05) is 6.07 Å². The van der Waals surface area contributed by atoms with Crippen LogP contribution in [0.25, 0.3) is 0 Å². The molecule has 15 heteroatoms. The Morgan fingerprint density at radius 3 is 2.39 bits per heavy atom. The van der Waals surface area contributed by atoms with E-state index in [-0.39, 0.29) is 6.61 Å². The van der Waals surface area contributed by atoms with Gasteiger partial charge in [0.25, 0.3) is 10.8 Å². The summed E-state index contributed by atoms with van der Waals surface area (Å²) < 4.78 is 38.0. The predicted octanol–water partition coefficient (Wildman–Crippen LogP) is -1.64. The smallest absolute Gasteiger partial charge is 0.435 e. The van der Waals surface area contributed by atoms with Crippen molar-refractivity contribution in [1.29, 1.82) is 0 Å². The number of rotatable bonds is 7. The number of hydrogen-bond acceptors (Lipinski definition) is 12. The van der Waals surface area contributed by atoms with Gasteiger partial charge in [-0.3, -0.25) is 9.59 Å². The zero-order chi connectivity index (χ0) is 27.2. The number of halogens is 1. The van der Waals surface area contributed by atoms with Crippen molar-refractivity contribution in [2.75, 3.05) is 6.61 Å². The van der Waals surface area contributed by atoms with E-state index in [0.717, 1.165) is 0 Å². The van der Waals surface area contributed by atoms with Gasteiger partial charge in [-0.05, 0) is 26.3 Å². The average molecular weight is 550 g/mol. The molecule has 2 heterocycles. The highest BCUT2D eigenvalue weighted by molar-refractivity contribution is 8.01. The number of thioether (sulfide) groups is 1. The molecular weight excluding hydrogens is 522 g/mol. The second-order valence-electron chi connectivity index (χ2n) is 8.14. The summed E-state index contributed by atoms with van der Waals surface area (Å²) in [5.41, 5.74) is 6.65. The van der Waals surface area contributed by atoms with Crippen molar-refractivity contribution in [3.05, 3.63) is 35.9 Å². The molecule has 4 N–H and O–H groups in total. The SMILES string of the molecule is CCOC(=O)OC(C)OC(=O)[C@@H]1N2C(=O)[C@@H](NC(=O)[C@H](N)c3ccccc3)[C@H]2SC1(C)C.[O-][Cl+2]([O-])O. The first kappa shape index (κ1) is 29.6. The zero-order valence-electron chi connectivity index (χ0n) is 19.9. The average Bonchev–Trinajstić information content (AvgIpc) is 3.04. The van der Waals surface area contributed by atoms with Crippen molar-refractivity contribution in [2.45, 2.75) is 62.2 Å². The van der Waals surface area contributed by atoms with Gasteiger partial charge in [0.05, 0.1) is 6.61 Å². The van der Waals surface area contributed by atoms with Crippen molar-refractivity contribution in [3.63, 3.8) is 0 Å². The molecule has 2 saturated heterocycles. The van der Waals surface area contributed by atoms with E-state index in [1.54, 1.807) is 45.0 Å². The molecule has 200 valence electrons. The van der Waals surface area contributed by atoms with Crippen LogP contribution in [-0.4, -0.2) is 68.6 Å². The van der Waals surface area contributed by atoms with Crippen LogP contribution in [0.3, 0.4) is 0 Å². The lowest BCUT2D eigenvalue weighted by Gasteiger charge is -2.44. The topological polar surface area (TPSA) is 204 Å². The minimum Gasteiger partial charge on any atom is -0.435 e. The van der Waals surface area contributed by atoms with E-state index in [1.165, 1.54) is 23.6 Å². The summed E-state index contributed by atoms with van der Waals surface area (Å²) in [5, 5.41) is 2.26. The standard InChI is InChI=1S/C21H27N3O7S.ClHO3/c1-5-29-20(28)31-11(2)30-19(27)15-21(3,4)32-18-14(17(26)24(15)18)23-16(25)13(22)12-9-7-6-8-10-12;2-1(3)4/h6-11,13-15,18H,5,22H2,1-4H3,(H,23,25);2H/t11?,13-,14-,15+,18-;/m1./s1. The quantitative estimate of drug-likeness (QED) is 0.199. The zero-order valence-corrected chi connectivity index (χ0v) is 21.5. The number of β-lactam (4-membered cyclic amide) rings is 1. The summed E-state index contributed by atoms with van der Waals surface area (Å²) in [7, 11) is -2.60. The molecule has 0 spiro atoms. The molecule has 0 saturated carbocycles. The van der Waals surface area contributed by atoms with Gasteiger partial charge < -0.3 is 39.5 Å². The maximum Gasteiger partial charge on any atom is 0.511 e. The van der Waals surface area contributed by atoms with Gasteiger partial charge in [-0.1, -0.05) is 30.3 Å². The summed E-state index contributed by atoms with van der Waals surface area (Å²) in [6.07, 6.45) is -2.14. The second-order valence-corrected chi connectivity index (χ2v) is 10.3. The molecular formula is C21H28ClN3O10S. The Balaban J connectivity index is 0.00000106. The number of esters is 1. The fourth-order valence-electron chi connectivity index (χ4n) is 3.72. The maximum absolute atomic E-state index is 12.8. The molecule has 5 atom stereocenters. The Hall–Kier alpha value is -2.62. The first-order valence-electron chi connectivity index (χ1n) is 10.7. The van der Waals surface area contributed by atoms with E-state index in [2.05, 4.69) is 10.1 Å². The number of nitrogens with two attached hydrogens (primary N) is 1. The molecule has 2 aliphatic rings. The number of benzene rings is 1. The normalized spacial score (nSPS) is 23.3. The van der Waals surface area contributed by atoms with Crippen LogP contribution < -0.4 is 20.4 Å². The molecule has 0 aromatic heterocycles. The van der Waals surface area contributed by atoms with E-state index in [0.29, 0.717) is 5.56 Å². The largest absolute Gasteiger partial charge is 0.511 e. The highest BCUT2D eigenvalue weighted by atomic mass is 35.6. The Labute approximate surface area is 214 Å². The number of nitrogens with zero attached hydrogens (tertiary/aromatic N) is 1. The Morgan fingerprint density at radius 1 is 1.25 bits per heavy atom. The third-order valence-corrected chi connectivity index (χ3v) is 6.78. The van der Waals surface area contributed by atoms with Crippen LogP contribution in [-0.2, 0) is 28.6 Å². The molecule has 0 aliphatic carbocycles. The van der Waals surface area contributed by atoms with Crippen LogP contribution in [0.2, 0.25) is 0 Å². The fourth-order valence-corrected chi connectivity index (χ4v) is 5.34. The predicted molar refractivity (Wildman–Crippen MR) is 117 cm³/mol. The molecule has 2 fully saturated rings. The van der Waals surface area contributed by atoms with E-state index in [9.17, 15) is 19.2 Å². The molecule has 3 rings (SSSR count). The molecule has 2 aliphatic heterocycles. The summed E-state index contributed by atoms with van der Waals surface area (Å²) >= 11 is 1.38. The third-order valence-electron chi connectivity index (χ3n) is 5.21. The van der Waals surface area contributed by atoms with Crippen LogP contribution in [0.1, 0.15) is 39.3 Å². The summed E-state index contributed by atoms with van der Waals surface area (Å²) in [4.78, 5) is 51.0. The third kappa shape index (κ3) is 7.21. The van der Waals surface area contributed by atoms with Crippen molar-refractivity contribution in [2.24, 2.45) is 5.73 Å². The summed E-state index contributed by atoms with van der Waals surface area (Å²) in [6, 6.07) is 6.21. The number of carbonyl (C=O) groups is 4. The summed E-state index contributed by atoms with van der Waals surface area (Å²) in [6.45, 7) is 6.74. The number of carbonyl (C=O) groups excluding carboxylic acids is 4. The number of nitrogens with one attached hydrogen (secondary N) is 1. The van der Waals surface area contributed by atoms with Gasteiger partial charge in [0.15, 0.2) is 0 Å². The van der Waals surface area contributed by atoms with Gasteiger partial charge >= 0.3 is 12.1 Å². The lowest BCUT2D eigenvalue weighted by atomic mass is 9.95. The molecule has 0 bridgehead atoms. The van der Waals surface area contributed by atoms with Crippen LogP contribution in [0.5, 0.6) is 0 Å². The first-order valence-corrected chi connectivity index (χ1v) is 12.5. The highest BCUT2D eigenvalue weighted by Crippen LogP contribution is 2.51. The molecule has 1 aromatic rings. The second kappa shape index (κ2) is 12.6. The molecule has 13 nitrogen and oxygen atoms in total. The van der Waals surface area contributed by atoms with E-state index >= 15 is 0 Å². The summed E-state index contributed by atoms with van der Waals surface area (Å²) in [5.74, 6) is -1.58. The maximum atomic E-state index is 12.8.